The van der Waals surface area contributed by atoms with Gasteiger partial charge in [-0.1, -0.05) is 0 Å². The lowest BCUT2D eigenvalue weighted by Gasteiger charge is -2.19. The molecule has 1 fully saturated rings. The van der Waals surface area contributed by atoms with Gasteiger partial charge in [-0.25, -0.2) is 4.79 Å². The molecule has 0 atom stereocenters. The largest absolute Gasteiger partial charge is 0.416 e. The number of hydrogen-bond acceptors (Lipinski definition) is 2. The number of amides is 3. The number of carbonyl (C=O) groups is 2. The molecule has 2 rings (SSSR count). The minimum absolute atomic E-state index is 0.0630. The van der Waals surface area contributed by atoms with Crippen LogP contribution in [0, 0.1) is 0 Å². The first-order valence-electron chi connectivity index (χ1n) is 6.36. The summed E-state index contributed by atoms with van der Waals surface area (Å²) in [6.45, 7) is 0.848. The van der Waals surface area contributed by atoms with E-state index in [1.54, 1.807) is 0 Å². The molecule has 114 valence electrons. The maximum absolute atomic E-state index is 12.4. The molecule has 5 nitrogen and oxygen atoms in total. The van der Waals surface area contributed by atoms with Gasteiger partial charge in [0.2, 0.25) is 5.91 Å². The fourth-order valence-electron chi connectivity index (χ4n) is 1.92. The Hall–Kier alpha value is -2.25. The van der Waals surface area contributed by atoms with Crippen molar-refractivity contribution in [1.29, 1.82) is 0 Å². The summed E-state index contributed by atoms with van der Waals surface area (Å²) in [5, 5.41) is 5.11. The van der Waals surface area contributed by atoms with Crippen LogP contribution in [0.15, 0.2) is 24.3 Å². The summed E-state index contributed by atoms with van der Waals surface area (Å²) in [7, 11) is 0. The standard InChI is InChI=1S/C13H14F3N3O2/c14-13(15,16)9-2-4-10(5-3-9)18-12(21)19-7-1-6-17-11(20)8-19/h2-5H,1,6-8H2,(H,17,20)(H,18,21). The fourth-order valence-corrected chi connectivity index (χ4v) is 1.92. The zero-order chi connectivity index (χ0) is 15.5. The first-order chi connectivity index (χ1) is 9.86. The Kier molecular flexibility index (Phi) is 4.35. The number of nitrogens with one attached hydrogen (secondary N) is 2. The molecule has 0 aromatic heterocycles. The van der Waals surface area contributed by atoms with Gasteiger partial charge in [0.05, 0.1) is 5.56 Å². The summed E-state index contributed by atoms with van der Waals surface area (Å²) in [5.41, 5.74) is -0.535. The summed E-state index contributed by atoms with van der Waals surface area (Å²) < 4.78 is 37.3. The second-order valence-corrected chi connectivity index (χ2v) is 4.63. The van der Waals surface area contributed by atoms with Crippen molar-refractivity contribution in [2.24, 2.45) is 0 Å². The third kappa shape index (κ3) is 4.11. The third-order valence-electron chi connectivity index (χ3n) is 3.01. The van der Waals surface area contributed by atoms with Crippen molar-refractivity contribution in [2.75, 3.05) is 25.0 Å². The molecule has 0 spiro atoms. The molecular formula is C13H14F3N3O2. The minimum Gasteiger partial charge on any atom is -0.354 e. The van der Waals surface area contributed by atoms with Crippen LogP contribution in [0.4, 0.5) is 23.7 Å². The number of alkyl halides is 3. The van der Waals surface area contributed by atoms with Gasteiger partial charge in [-0.15, -0.1) is 0 Å². The van der Waals surface area contributed by atoms with Crippen LogP contribution in [0.25, 0.3) is 0 Å². The number of rotatable bonds is 1. The fraction of sp³-hybridized carbons (Fsp3) is 0.385. The van der Waals surface area contributed by atoms with Gasteiger partial charge in [0.1, 0.15) is 6.54 Å². The molecule has 0 unspecified atom stereocenters. The van der Waals surface area contributed by atoms with Gasteiger partial charge in [0, 0.05) is 18.8 Å². The molecule has 21 heavy (non-hydrogen) atoms. The smallest absolute Gasteiger partial charge is 0.354 e. The van der Waals surface area contributed by atoms with Crippen LogP contribution >= 0.6 is 0 Å². The SMILES string of the molecule is O=C1CN(C(=O)Nc2ccc(C(F)(F)F)cc2)CCCN1. The van der Waals surface area contributed by atoms with Crippen LogP contribution in [0.2, 0.25) is 0 Å². The zero-order valence-electron chi connectivity index (χ0n) is 11.0. The lowest BCUT2D eigenvalue weighted by Crippen LogP contribution is -2.39. The molecule has 1 aliphatic heterocycles. The molecule has 2 N–H and O–H groups in total. The summed E-state index contributed by atoms with van der Waals surface area (Å²) in [5.74, 6) is -0.255. The predicted octanol–water partition coefficient (Wildman–Crippen LogP) is 2.06. The number of halogens is 3. The van der Waals surface area contributed by atoms with E-state index >= 15 is 0 Å². The topological polar surface area (TPSA) is 61.4 Å². The van der Waals surface area contributed by atoms with E-state index in [2.05, 4.69) is 10.6 Å². The van der Waals surface area contributed by atoms with Gasteiger partial charge < -0.3 is 15.5 Å². The normalized spacial score (nSPS) is 16.1. The van der Waals surface area contributed by atoms with E-state index in [1.165, 1.54) is 17.0 Å². The van der Waals surface area contributed by atoms with Gasteiger partial charge in [0.15, 0.2) is 0 Å². The number of anilines is 1. The summed E-state index contributed by atoms with van der Waals surface area (Å²) in [6.07, 6.45) is -3.78. The van der Waals surface area contributed by atoms with E-state index in [0.29, 0.717) is 19.5 Å². The highest BCUT2D eigenvalue weighted by Crippen LogP contribution is 2.29. The van der Waals surface area contributed by atoms with Gasteiger partial charge in [0.25, 0.3) is 0 Å². The lowest BCUT2D eigenvalue weighted by atomic mass is 10.2. The molecule has 0 radical (unpaired) electrons. The van der Waals surface area contributed by atoms with Crippen molar-refractivity contribution < 1.29 is 22.8 Å². The molecule has 8 heteroatoms. The second kappa shape index (κ2) is 6.02. The Labute approximate surface area is 119 Å². The van der Waals surface area contributed by atoms with Crippen molar-refractivity contribution in [3.63, 3.8) is 0 Å². The van der Waals surface area contributed by atoms with Crippen LogP contribution in [0.1, 0.15) is 12.0 Å². The molecule has 1 aliphatic rings. The molecule has 0 bridgehead atoms. The van der Waals surface area contributed by atoms with Crippen molar-refractivity contribution in [1.82, 2.24) is 10.2 Å². The van der Waals surface area contributed by atoms with E-state index < -0.39 is 17.8 Å². The summed E-state index contributed by atoms with van der Waals surface area (Å²) in [4.78, 5) is 24.6. The van der Waals surface area contributed by atoms with E-state index in [1.807, 2.05) is 0 Å². The molecule has 1 aromatic carbocycles. The molecule has 3 amide bonds. The maximum Gasteiger partial charge on any atom is 0.416 e. The summed E-state index contributed by atoms with van der Waals surface area (Å²) in [6, 6.07) is 3.64. The van der Waals surface area contributed by atoms with Crippen molar-refractivity contribution in [3.05, 3.63) is 29.8 Å². The molecule has 0 aliphatic carbocycles. The predicted molar refractivity (Wildman–Crippen MR) is 69.7 cm³/mol. The number of carbonyl (C=O) groups excluding carboxylic acids is 2. The van der Waals surface area contributed by atoms with Crippen LogP contribution in [0.5, 0.6) is 0 Å². The maximum atomic E-state index is 12.4. The second-order valence-electron chi connectivity index (χ2n) is 4.63. The summed E-state index contributed by atoms with van der Waals surface area (Å²) >= 11 is 0. The highest BCUT2D eigenvalue weighted by atomic mass is 19.4. The van der Waals surface area contributed by atoms with Gasteiger partial charge >= 0.3 is 12.2 Å². The first-order valence-corrected chi connectivity index (χ1v) is 6.36. The zero-order valence-corrected chi connectivity index (χ0v) is 11.0. The first kappa shape index (κ1) is 15.1. The van der Waals surface area contributed by atoms with E-state index in [0.717, 1.165) is 12.1 Å². The highest BCUT2D eigenvalue weighted by Gasteiger charge is 2.30. The van der Waals surface area contributed by atoms with Gasteiger partial charge in [-0.3, -0.25) is 4.79 Å². The van der Waals surface area contributed by atoms with Crippen molar-refractivity contribution in [3.8, 4) is 0 Å². The monoisotopic (exact) mass is 301 g/mol. The Morgan fingerprint density at radius 1 is 1.24 bits per heavy atom. The molecule has 0 saturated carbocycles. The number of hydrogen-bond donors (Lipinski definition) is 2. The quantitative estimate of drug-likeness (QED) is 0.834. The van der Waals surface area contributed by atoms with E-state index in [4.69, 9.17) is 0 Å². The van der Waals surface area contributed by atoms with Crippen LogP contribution in [-0.4, -0.2) is 36.5 Å². The average Bonchev–Trinajstić information content (AvgIpc) is 2.63. The number of benzene rings is 1. The third-order valence-corrected chi connectivity index (χ3v) is 3.01. The molecule has 1 saturated heterocycles. The molecule has 1 heterocycles. The van der Waals surface area contributed by atoms with Crippen LogP contribution in [-0.2, 0) is 11.0 Å². The minimum atomic E-state index is -4.41. The number of nitrogens with zero attached hydrogens (tertiary/aromatic N) is 1. The van der Waals surface area contributed by atoms with E-state index in [9.17, 15) is 22.8 Å². The molecular weight excluding hydrogens is 287 g/mol. The Morgan fingerprint density at radius 2 is 1.90 bits per heavy atom. The van der Waals surface area contributed by atoms with Crippen LogP contribution in [0.3, 0.4) is 0 Å². The molecule has 1 aromatic rings. The number of urea groups is 1. The van der Waals surface area contributed by atoms with E-state index in [-0.39, 0.29) is 18.1 Å². The Balaban J connectivity index is 2.00. The Morgan fingerprint density at radius 3 is 2.52 bits per heavy atom. The van der Waals surface area contributed by atoms with Crippen molar-refractivity contribution in [2.45, 2.75) is 12.6 Å². The lowest BCUT2D eigenvalue weighted by molar-refractivity contribution is -0.137. The van der Waals surface area contributed by atoms with Gasteiger partial charge in [-0.05, 0) is 30.7 Å². The van der Waals surface area contributed by atoms with Crippen molar-refractivity contribution >= 4 is 17.6 Å². The highest BCUT2D eigenvalue weighted by molar-refractivity contribution is 5.92. The Bertz CT molecular complexity index is 528. The average molecular weight is 301 g/mol. The van der Waals surface area contributed by atoms with Gasteiger partial charge in [-0.2, -0.15) is 13.2 Å². The van der Waals surface area contributed by atoms with Crippen LogP contribution < -0.4 is 10.6 Å².